The summed E-state index contributed by atoms with van der Waals surface area (Å²) in [5, 5.41) is 3.94. The number of nitrogens with zero attached hydrogens (tertiary/aromatic N) is 1. The molecule has 0 spiro atoms. The van der Waals surface area contributed by atoms with E-state index in [1.807, 2.05) is 30.3 Å². The van der Waals surface area contributed by atoms with Crippen LogP contribution < -0.4 is 5.32 Å². The lowest BCUT2D eigenvalue weighted by Gasteiger charge is -2.24. The predicted octanol–water partition coefficient (Wildman–Crippen LogP) is 4.86. The first-order valence-electron chi connectivity index (χ1n) is 13.4. The van der Waals surface area contributed by atoms with E-state index in [1.165, 1.54) is 18.2 Å². The van der Waals surface area contributed by atoms with E-state index in [4.69, 9.17) is 14.3 Å². The Morgan fingerprint density at radius 2 is 1.69 bits per heavy atom. The topological polar surface area (TPSA) is 120 Å². The molecule has 0 heterocycles. The average molecular weight is 549 g/mol. The molecule has 0 aliphatic heterocycles. The van der Waals surface area contributed by atoms with Crippen molar-refractivity contribution in [1.82, 2.24) is 10.4 Å². The number of hydrogen-bond donors (Lipinski definition) is 1. The molecule has 0 aliphatic carbocycles. The van der Waals surface area contributed by atoms with Crippen molar-refractivity contribution in [2.45, 2.75) is 90.4 Å². The van der Waals surface area contributed by atoms with E-state index in [0.29, 0.717) is 45.1 Å². The van der Waals surface area contributed by atoms with Gasteiger partial charge in [-0.25, -0.2) is 14.7 Å². The molecule has 0 saturated carbocycles. The molecule has 218 valence electrons. The molecule has 1 atom stereocenters. The zero-order valence-electron chi connectivity index (χ0n) is 23.7. The molecule has 10 nitrogen and oxygen atoms in total. The van der Waals surface area contributed by atoms with Crippen LogP contribution in [0.1, 0.15) is 77.7 Å². The summed E-state index contributed by atoms with van der Waals surface area (Å²) in [6, 6.07) is 8.63. The largest absolute Gasteiger partial charge is 0.469 e. The minimum atomic E-state index is -0.899. The summed E-state index contributed by atoms with van der Waals surface area (Å²) in [5.74, 6) is -0.999. The average Bonchev–Trinajstić information content (AvgIpc) is 2.89. The van der Waals surface area contributed by atoms with Gasteiger partial charge in [0.2, 0.25) is 5.91 Å². The van der Waals surface area contributed by atoms with Crippen LogP contribution in [-0.4, -0.2) is 60.9 Å². The number of methoxy groups -OCH3 is 1. The molecule has 1 aromatic carbocycles. The van der Waals surface area contributed by atoms with Crippen molar-refractivity contribution in [3.8, 4) is 0 Å². The summed E-state index contributed by atoms with van der Waals surface area (Å²) in [7, 11) is 1.36. The number of ether oxygens (including phenoxy) is 3. The molecule has 0 aromatic heterocycles. The van der Waals surface area contributed by atoms with Crippen molar-refractivity contribution in [2.75, 3.05) is 20.3 Å². The Balaban J connectivity index is 2.67. The summed E-state index contributed by atoms with van der Waals surface area (Å²) in [5.41, 5.74) is 0.218. The number of hydrogen-bond acceptors (Lipinski definition) is 8. The molecule has 1 N–H and O–H groups in total. The van der Waals surface area contributed by atoms with E-state index < -0.39 is 23.7 Å². The standard InChI is InChI=1S/C29H44N2O8/c1-6-21-37-27(34)24(30-28(35)39-29(2,3)4)17-13-14-20-31(38-22-23-15-9-7-10-16-23)25(32)18-11-8-12-19-26(33)36-5/h6-7,9-10,15-16,24H,1,8,11-14,17-22H2,2-5H3,(H,30,35)/t24-/m0/s1. The van der Waals surface area contributed by atoms with Gasteiger partial charge in [-0.15, -0.1) is 0 Å². The first-order valence-corrected chi connectivity index (χ1v) is 13.4. The molecule has 2 amide bonds. The number of amides is 2. The van der Waals surface area contributed by atoms with Crippen molar-refractivity contribution >= 4 is 23.9 Å². The van der Waals surface area contributed by atoms with E-state index in [1.54, 1.807) is 20.8 Å². The van der Waals surface area contributed by atoms with Crippen LogP contribution in [0, 0.1) is 0 Å². The molecular formula is C29H44N2O8. The van der Waals surface area contributed by atoms with Crippen LogP contribution in [0.2, 0.25) is 0 Å². The van der Waals surface area contributed by atoms with Crippen molar-refractivity contribution in [3.05, 3.63) is 48.6 Å². The number of hydroxylamine groups is 2. The van der Waals surface area contributed by atoms with E-state index >= 15 is 0 Å². The lowest BCUT2D eigenvalue weighted by molar-refractivity contribution is -0.192. The van der Waals surface area contributed by atoms with Crippen LogP contribution >= 0.6 is 0 Å². The number of esters is 2. The molecule has 1 rings (SSSR count). The quantitative estimate of drug-likeness (QED) is 0.0908. The third-order valence-electron chi connectivity index (χ3n) is 5.43. The van der Waals surface area contributed by atoms with Crippen molar-refractivity contribution in [3.63, 3.8) is 0 Å². The summed E-state index contributed by atoms with van der Waals surface area (Å²) in [6.45, 7) is 9.32. The molecule has 0 fully saturated rings. The normalized spacial score (nSPS) is 11.7. The van der Waals surface area contributed by atoms with Gasteiger partial charge in [0.15, 0.2) is 0 Å². The Kier molecular flexibility index (Phi) is 16.2. The number of carbonyl (C=O) groups excluding carboxylic acids is 4. The Labute approximate surface area is 231 Å². The summed E-state index contributed by atoms with van der Waals surface area (Å²) in [4.78, 5) is 54.7. The van der Waals surface area contributed by atoms with E-state index in [-0.39, 0.29) is 31.5 Å². The smallest absolute Gasteiger partial charge is 0.408 e. The summed E-state index contributed by atoms with van der Waals surface area (Å²) in [6.07, 6.45) is 4.69. The first-order chi connectivity index (χ1) is 18.6. The molecule has 0 radical (unpaired) electrons. The highest BCUT2D eigenvalue weighted by Gasteiger charge is 2.25. The first kappa shape index (κ1) is 33.6. The molecule has 0 saturated heterocycles. The Hall–Kier alpha value is -3.40. The fourth-order valence-electron chi connectivity index (χ4n) is 3.48. The highest BCUT2D eigenvalue weighted by Crippen LogP contribution is 2.13. The number of benzene rings is 1. The van der Waals surface area contributed by atoms with Crippen LogP contribution in [0.15, 0.2) is 43.0 Å². The predicted molar refractivity (Wildman–Crippen MR) is 146 cm³/mol. The highest BCUT2D eigenvalue weighted by atomic mass is 16.7. The fourth-order valence-corrected chi connectivity index (χ4v) is 3.48. The van der Waals surface area contributed by atoms with Crippen LogP contribution in [0.5, 0.6) is 0 Å². The SMILES string of the molecule is C=CCOC(=O)[C@H](CCCCN(OCc1ccccc1)C(=O)CCCCCC(=O)OC)NC(=O)OC(C)(C)C. The second-order valence-corrected chi connectivity index (χ2v) is 10.0. The lowest BCUT2D eigenvalue weighted by atomic mass is 10.1. The number of unbranched alkanes of at least 4 members (excludes halogenated alkanes) is 3. The van der Waals surface area contributed by atoms with Gasteiger partial charge in [0.25, 0.3) is 0 Å². The third kappa shape index (κ3) is 16.2. The molecule has 1 aromatic rings. The highest BCUT2D eigenvalue weighted by molar-refractivity contribution is 5.81. The molecule has 0 aliphatic rings. The number of nitrogens with one attached hydrogen (secondary N) is 1. The third-order valence-corrected chi connectivity index (χ3v) is 5.43. The van der Waals surface area contributed by atoms with Gasteiger partial charge >= 0.3 is 18.0 Å². The van der Waals surface area contributed by atoms with Crippen molar-refractivity contribution in [2.24, 2.45) is 0 Å². The van der Waals surface area contributed by atoms with Gasteiger partial charge in [-0.2, -0.15) is 0 Å². The van der Waals surface area contributed by atoms with Crippen molar-refractivity contribution in [1.29, 1.82) is 0 Å². The Morgan fingerprint density at radius 1 is 1.00 bits per heavy atom. The van der Waals surface area contributed by atoms with Gasteiger partial charge in [0, 0.05) is 19.4 Å². The molecular weight excluding hydrogens is 504 g/mol. The minimum Gasteiger partial charge on any atom is -0.469 e. The van der Waals surface area contributed by atoms with Crippen molar-refractivity contribution < 1.29 is 38.2 Å². The zero-order chi connectivity index (χ0) is 29.1. The maximum absolute atomic E-state index is 12.9. The van der Waals surface area contributed by atoms with Crippen LogP contribution in [0.4, 0.5) is 4.79 Å². The molecule has 0 bridgehead atoms. The van der Waals surface area contributed by atoms with Gasteiger partial charge < -0.3 is 19.5 Å². The monoisotopic (exact) mass is 548 g/mol. The number of carbonyl (C=O) groups is 4. The molecule has 39 heavy (non-hydrogen) atoms. The maximum Gasteiger partial charge on any atom is 0.408 e. The van der Waals surface area contributed by atoms with Crippen LogP contribution in [0.25, 0.3) is 0 Å². The van der Waals surface area contributed by atoms with Crippen LogP contribution in [0.3, 0.4) is 0 Å². The van der Waals surface area contributed by atoms with Gasteiger partial charge in [0.1, 0.15) is 24.9 Å². The number of rotatable bonds is 18. The van der Waals surface area contributed by atoms with Gasteiger partial charge in [-0.05, 0) is 58.4 Å². The van der Waals surface area contributed by atoms with Gasteiger partial charge in [0.05, 0.1) is 7.11 Å². The van der Waals surface area contributed by atoms with E-state index in [0.717, 1.165) is 12.0 Å². The van der Waals surface area contributed by atoms with Gasteiger partial charge in [-0.3, -0.25) is 14.4 Å². The maximum atomic E-state index is 12.9. The van der Waals surface area contributed by atoms with E-state index in [2.05, 4.69) is 16.6 Å². The fraction of sp³-hybridized carbons (Fsp3) is 0.586. The molecule has 10 heteroatoms. The molecule has 0 unspecified atom stereocenters. The van der Waals surface area contributed by atoms with E-state index in [9.17, 15) is 19.2 Å². The second kappa shape index (κ2) is 18.8. The summed E-state index contributed by atoms with van der Waals surface area (Å²) < 4.78 is 15.0. The van der Waals surface area contributed by atoms with Crippen LogP contribution in [-0.2, 0) is 40.0 Å². The Morgan fingerprint density at radius 3 is 2.33 bits per heavy atom. The summed E-state index contributed by atoms with van der Waals surface area (Å²) >= 11 is 0. The second-order valence-electron chi connectivity index (χ2n) is 10.0. The minimum absolute atomic E-state index is 0.0283. The zero-order valence-corrected chi connectivity index (χ0v) is 23.7. The number of alkyl carbamates (subject to hydrolysis) is 1. The Bertz CT molecular complexity index is 898. The lowest BCUT2D eigenvalue weighted by Crippen LogP contribution is -2.44. The van der Waals surface area contributed by atoms with Gasteiger partial charge in [-0.1, -0.05) is 49.4 Å².